The second kappa shape index (κ2) is 5.23. The van der Waals surface area contributed by atoms with Crippen LogP contribution in [0.3, 0.4) is 0 Å². The molecule has 19 heavy (non-hydrogen) atoms. The van der Waals surface area contributed by atoms with Crippen LogP contribution in [0.15, 0.2) is 23.1 Å². The molecule has 0 radical (unpaired) electrons. The van der Waals surface area contributed by atoms with Crippen molar-refractivity contribution >= 4 is 11.9 Å². The number of aliphatic carboxylic acids is 1. The van der Waals surface area contributed by atoms with Gasteiger partial charge in [-0.3, -0.25) is 9.59 Å². The quantitative estimate of drug-likeness (QED) is 0.765. The normalized spacial score (nSPS) is 19.2. The van der Waals surface area contributed by atoms with Gasteiger partial charge < -0.3 is 19.3 Å². The van der Waals surface area contributed by atoms with E-state index < -0.39 is 12.1 Å². The van der Waals surface area contributed by atoms with E-state index in [4.69, 9.17) is 9.84 Å². The molecule has 1 saturated heterocycles. The molecule has 102 valence electrons. The Hall–Kier alpha value is -2.15. The SMILES string of the molecule is Cn1cc(C(=O)N2CCOC(C(=O)O)C2)ccc1=O. The highest BCUT2D eigenvalue weighted by Gasteiger charge is 2.29. The molecule has 0 aromatic carbocycles. The first-order valence-electron chi connectivity index (χ1n) is 5.79. The third-order valence-corrected chi connectivity index (χ3v) is 2.96. The fraction of sp³-hybridized carbons (Fsp3) is 0.417. The van der Waals surface area contributed by atoms with Gasteiger partial charge in [-0.05, 0) is 6.07 Å². The number of hydrogen-bond donors (Lipinski definition) is 1. The number of carboxylic acids is 1. The van der Waals surface area contributed by atoms with Crippen molar-refractivity contribution in [3.05, 3.63) is 34.2 Å². The zero-order chi connectivity index (χ0) is 14.0. The van der Waals surface area contributed by atoms with Gasteiger partial charge in [-0.1, -0.05) is 0 Å². The maximum absolute atomic E-state index is 12.2. The molecule has 1 N–H and O–H groups in total. The highest BCUT2D eigenvalue weighted by atomic mass is 16.5. The Labute approximate surface area is 109 Å². The maximum atomic E-state index is 12.2. The molecule has 7 heteroatoms. The molecule has 1 aromatic rings. The first-order valence-corrected chi connectivity index (χ1v) is 5.79. The van der Waals surface area contributed by atoms with E-state index >= 15 is 0 Å². The van der Waals surface area contributed by atoms with Crippen molar-refractivity contribution in [1.29, 1.82) is 0 Å². The summed E-state index contributed by atoms with van der Waals surface area (Å²) >= 11 is 0. The number of ether oxygens (including phenoxy) is 1. The van der Waals surface area contributed by atoms with E-state index in [2.05, 4.69) is 0 Å². The molecule has 2 heterocycles. The molecule has 1 amide bonds. The van der Waals surface area contributed by atoms with Crippen LogP contribution in [0.25, 0.3) is 0 Å². The van der Waals surface area contributed by atoms with Crippen LogP contribution in [-0.4, -0.2) is 52.3 Å². The summed E-state index contributed by atoms with van der Waals surface area (Å²) in [5.41, 5.74) is 0.148. The summed E-state index contributed by atoms with van der Waals surface area (Å²) in [5, 5.41) is 8.88. The van der Waals surface area contributed by atoms with Crippen LogP contribution in [0, 0.1) is 0 Å². The zero-order valence-corrected chi connectivity index (χ0v) is 10.4. The summed E-state index contributed by atoms with van der Waals surface area (Å²) in [5.74, 6) is -1.39. The number of aromatic nitrogens is 1. The Kier molecular flexibility index (Phi) is 3.66. The lowest BCUT2D eigenvalue weighted by Crippen LogP contribution is -2.48. The van der Waals surface area contributed by atoms with E-state index in [0.29, 0.717) is 12.1 Å². The summed E-state index contributed by atoms with van der Waals surface area (Å²) in [7, 11) is 1.55. The lowest BCUT2D eigenvalue weighted by molar-refractivity contribution is -0.154. The minimum absolute atomic E-state index is 0.0109. The van der Waals surface area contributed by atoms with Crippen LogP contribution in [0.5, 0.6) is 0 Å². The summed E-state index contributed by atoms with van der Waals surface area (Å²) in [4.78, 5) is 35.7. The van der Waals surface area contributed by atoms with Gasteiger partial charge in [0.25, 0.3) is 5.91 Å². The lowest BCUT2D eigenvalue weighted by atomic mass is 10.2. The van der Waals surface area contributed by atoms with Gasteiger partial charge in [-0.25, -0.2) is 4.79 Å². The molecule has 1 atom stereocenters. The van der Waals surface area contributed by atoms with E-state index in [1.165, 1.54) is 27.8 Å². The predicted octanol–water partition coefficient (Wildman–Crippen LogP) is -0.689. The number of pyridine rings is 1. The summed E-state index contributed by atoms with van der Waals surface area (Å²) in [6, 6.07) is 2.75. The van der Waals surface area contributed by atoms with Crippen LogP contribution in [-0.2, 0) is 16.6 Å². The molecule has 1 unspecified atom stereocenters. The van der Waals surface area contributed by atoms with E-state index in [0.717, 1.165) is 0 Å². The van der Waals surface area contributed by atoms with Gasteiger partial charge in [0, 0.05) is 25.9 Å². The van der Waals surface area contributed by atoms with Crippen molar-refractivity contribution in [2.24, 2.45) is 7.05 Å². The van der Waals surface area contributed by atoms with Gasteiger partial charge in [0.1, 0.15) is 0 Å². The van der Waals surface area contributed by atoms with Gasteiger partial charge in [0.15, 0.2) is 6.10 Å². The minimum Gasteiger partial charge on any atom is -0.479 e. The Morgan fingerprint density at radius 1 is 1.42 bits per heavy atom. The van der Waals surface area contributed by atoms with E-state index in [1.54, 1.807) is 7.05 Å². The topological polar surface area (TPSA) is 88.8 Å². The molecular weight excluding hydrogens is 252 g/mol. The minimum atomic E-state index is -1.09. The van der Waals surface area contributed by atoms with Crippen LogP contribution in [0.2, 0.25) is 0 Å². The van der Waals surface area contributed by atoms with Crippen molar-refractivity contribution in [1.82, 2.24) is 9.47 Å². The molecule has 0 bridgehead atoms. The number of rotatable bonds is 2. The molecular formula is C12H14N2O5. The van der Waals surface area contributed by atoms with Crippen molar-refractivity contribution in [2.45, 2.75) is 6.10 Å². The molecule has 1 fully saturated rings. The lowest BCUT2D eigenvalue weighted by Gasteiger charge is -2.30. The average Bonchev–Trinajstić information content (AvgIpc) is 2.41. The highest BCUT2D eigenvalue weighted by Crippen LogP contribution is 2.10. The molecule has 1 aromatic heterocycles. The van der Waals surface area contributed by atoms with Crippen LogP contribution < -0.4 is 5.56 Å². The third-order valence-electron chi connectivity index (χ3n) is 2.96. The monoisotopic (exact) mass is 266 g/mol. The molecule has 0 saturated carbocycles. The third kappa shape index (κ3) is 2.82. The molecule has 0 aliphatic carbocycles. The van der Waals surface area contributed by atoms with Gasteiger partial charge in [0.2, 0.25) is 5.56 Å². The number of aryl methyl sites for hydroxylation is 1. The van der Waals surface area contributed by atoms with E-state index in [-0.39, 0.29) is 24.6 Å². The number of hydrogen-bond acceptors (Lipinski definition) is 4. The molecule has 2 rings (SSSR count). The number of carbonyl (C=O) groups excluding carboxylic acids is 1. The first kappa shape index (κ1) is 13.3. The maximum Gasteiger partial charge on any atom is 0.334 e. The fourth-order valence-electron chi connectivity index (χ4n) is 1.89. The Balaban J connectivity index is 2.16. The van der Waals surface area contributed by atoms with Crippen LogP contribution in [0.1, 0.15) is 10.4 Å². The van der Waals surface area contributed by atoms with Gasteiger partial charge >= 0.3 is 5.97 Å². The van der Waals surface area contributed by atoms with E-state index in [9.17, 15) is 14.4 Å². The molecule has 1 aliphatic heterocycles. The largest absolute Gasteiger partial charge is 0.479 e. The second-order valence-corrected chi connectivity index (χ2v) is 4.32. The summed E-state index contributed by atoms with van der Waals surface area (Å²) in [6.07, 6.45) is 0.445. The molecule has 7 nitrogen and oxygen atoms in total. The Morgan fingerprint density at radius 3 is 2.79 bits per heavy atom. The fourth-order valence-corrected chi connectivity index (χ4v) is 1.89. The number of nitrogens with zero attached hydrogens (tertiary/aromatic N) is 2. The number of carboxylic acid groups (broad SMARTS) is 1. The number of amides is 1. The zero-order valence-electron chi connectivity index (χ0n) is 10.4. The smallest absolute Gasteiger partial charge is 0.334 e. The van der Waals surface area contributed by atoms with Gasteiger partial charge in [0.05, 0.1) is 18.7 Å². The molecule has 0 spiro atoms. The number of carbonyl (C=O) groups is 2. The van der Waals surface area contributed by atoms with Crippen LogP contribution >= 0.6 is 0 Å². The van der Waals surface area contributed by atoms with Crippen molar-refractivity contribution < 1.29 is 19.4 Å². The first-order chi connectivity index (χ1) is 8.99. The van der Waals surface area contributed by atoms with Gasteiger partial charge in [-0.15, -0.1) is 0 Å². The van der Waals surface area contributed by atoms with E-state index in [1.807, 2.05) is 0 Å². The highest BCUT2D eigenvalue weighted by molar-refractivity contribution is 5.94. The average molecular weight is 266 g/mol. The number of morpholine rings is 1. The van der Waals surface area contributed by atoms with Crippen molar-refractivity contribution in [3.8, 4) is 0 Å². The summed E-state index contributed by atoms with van der Waals surface area (Å²) < 4.78 is 6.36. The summed E-state index contributed by atoms with van der Waals surface area (Å²) in [6.45, 7) is 0.539. The van der Waals surface area contributed by atoms with Crippen LogP contribution in [0.4, 0.5) is 0 Å². The standard InChI is InChI=1S/C12H14N2O5/c1-13-6-8(2-3-10(13)15)11(16)14-4-5-19-9(7-14)12(17)18/h2-3,6,9H,4-5,7H2,1H3,(H,17,18). The molecule has 1 aliphatic rings. The Bertz CT molecular complexity index is 565. The second-order valence-electron chi connectivity index (χ2n) is 4.32. The van der Waals surface area contributed by atoms with Crippen molar-refractivity contribution in [3.63, 3.8) is 0 Å². The predicted molar refractivity (Wildman–Crippen MR) is 65.0 cm³/mol. The van der Waals surface area contributed by atoms with Crippen molar-refractivity contribution in [2.75, 3.05) is 19.7 Å². The Morgan fingerprint density at radius 2 is 2.16 bits per heavy atom. The van der Waals surface area contributed by atoms with Gasteiger partial charge in [-0.2, -0.15) is 0 Å².